The lowest BCUT2D eigenvalue weighted by Crippen LogP contribution is -2.45. The maximum Gasteiger partial charge on any atom is 0.358 e. The van der Waals surface area contributed by atoms with Crippen LogP contribution >= 0.6 is 0 Å². The van der Waals surface area contributed by atoms with Crippen molar-refractivity contribution in [1.29, 1.82) is 0 Å². The molecule has 2 atom stereocenters. The lowest BCUT2D eigenvalue weighted by Gasteiger charge is -2.35. The number of nitrogens with zero attached hydrogens (tertiary/aromatic N) is 3. The van der Waals surface area contributed by atoms with Crippen molar-refractivity contribution in [1.82, 2.24) is 14.3 Å². The van der Waals surface area contributed by atoms with Crippen LogP contribution in [0.15, 0.2) is 18.3 Å². The zero-order valence-corrected chi connectivity index (χ0v) is 14.4. The fraction of sp³-hybridized carbons (Fsp3) is 0.529. The van der Waals surface area contributed by atoms with Crippen LogP contribution in [0.5, 0.6) is 0 Å². The van der Waals surface area contributed by atoms with E-state index in [9.17, 15) is 4.79 Å². The lowest BCUT2D eigenvalue weighted by atomic mass is 10.2. The van der Waals surface area contributed by atoms with Crippen LogP contribution in [0.25, 0.3) is 5.65 Å². The molecule has 1 fully saturated rings. The average molecular weight is 332 g/mol. The number of hydrogen-bond acceptors (Lipinski definition) is 6. The Morgan fingerprint density at radius 3 is 2.75 bits per heavy atom. The third-order valence-corrected chi connectivity index (χ3v) is 4.08. The Kier molecular flexibility index (Phi) is 4.73. The number of pyridine rings is 1. The third-order valence-electron chi connectivity index (χ3n) is 4.08. The molecule has 3 rings (SSSR count). The monoisotopic (exact) mass is 332 g/mol. The van der Waals surface area contributed by atoms with E-state index < -0.39 is 5.97 Å². The molecule has 2 unspecified atom stereocenters. The summed E-state index contributed by atoms with van der Waals surface area (Å²) in [6.45, 7) is 8.43. The smallest absolute Gasteiger partial charge is 0.358 e. The molecule has 7 nitrogen and oxygen atoms in total. The van der Waals surface area contributed by atoms with E-state index >= 15 is 0 Å². The van der Waals surface area contributed by atoms with Gasteiger partial charge in [0.15, 0.2) is 5.69 Å². The number of rotatable bonds is 4. The number of nitrogen functional groups attached to an aromatic ring is 1. The molecular weight excluding hydrogens is 308 g/mol. The fourth-order valence-electron chi connectivity index (χ4n) is 3.25. The summed E-state index contributed by atoms with van der Waals surface area (Å²) in [5, 5.41) is 0. The van der Waals surface area contributed by atoms with Crippen molar-refractivity contribution in [2.75, 3.05) is 25.4 Å². The van der Waals surface area contributed by atoms with E-state index in [1.807, 2.05) is 10.5 Å². The number of carbonyl (C=O) groups is 1. The largest absolute Gasteiger partial charge is 0.461 e. The number of carbonyl (C=O) groups excluding carboxylic acids is 1. The Morgan fingerprint density at radius 1 is 1.38 bits per heavy atom. The first-order valence-corrected chi connectivity index (χ1v) is 8.29. The molecule has 24 heavy (non-hydrogen) atoms. The van der Waals surface area contributed by atoms with Gasteiger partial charge in [0.05, 0.1) is 24.5 Å². The molecule has 2 aromatic rings. The van der Waals surface area contributed by atoms with E-state index in [0.717, 1.165) is 18.8 Å². The highest BCUT2D eigenvalue weighted by molar-refractivity contribution is 5.89. The molecule has 1 aliphatic rings. The van der Waals surface area contributed by atoms with E-state index in [0.29, 0.717) is 30.2 Å². The first-order chi connectivity index (χ1) is 11.5. The molecule has 7 heteroatoms. The standard InChI is InChI=1S/C17H24N4O3/c1-4-23-17(22)16-14(10-20-7-11(2)24-12(3)8-20)21-9-13(18)5-6-15(21)19-16/h5-6,9,11-12H,4,7-8,10,18H2,1-3H3. The van der Waals surface area contributed by atoms with E-state index in [-0.39, 0.29) is 12.2 Å². The van der Waals surface area contributed by atoms with Crippen LogP contribution in [0.3, 0.4) is 0 Å². The molecule has 0 spiro atoms. The number of hydrogen-bond donors (Lipinski definition) is 1. The molecule has 0 aliphatic carbocycles. The highest BCUT2D eigenvalue weighted by atomic mass is 16.5. The van der Waals surface area contributed by atoms with Crippen molar-refractivity contribution in [2.45, 2.75) is 39.5 Å². The molecule has 130 valence electrons. The SMILES string of the molecule is CCOC(=O)c1nc2ccc(N)cn2c1CN1CC(C)OC(C)C1. The minimum Gasteiger partial charge on any atom is -0.461 e. The van der Waals surface area contributed by atoms with Gasteiger partial charge in [-0.15, -0.1) is 0 Å². The summed E-state index contributed by atoms with van der Waals surface area (Å²) in [6, 6.07) is 3.59. The van der Waals surface area contributed by atoms with Gasteiger partial charge in [-0.05, 0) is 32.9 Å². The molecule has 1 aliphatic heterocycles. The van der Waals surface area contributed by atoms with Crippen LogP contribution in [-0.2, 0) is 16.0 Å². The Hall–Kier alpha value is -2.12. The number of aromatic nitrogens is 2. The summed E-state index contributed by atoms with van der Waals surface area (Å²) >= 11 is 0. The van der Waals surface area contributed by atoms with Crippen molar-refractivity contribution in [3.63, 3.8) is 0 Å². The summed E-state index contributed by atoms with van der Waals surface area (Å²) < 4.78 is 12.8. The Labute approximate surface area is 141 Å². The van der Waals surface area contributed by atoms with Gasteiger partial charge >= 0.3 is 5.97 Å². The second kappa shape index (κ2) is 6.78. The summed E-state index contributed by atoms with van der Waals surface area (Å²) in [5.41, 5.74) is 8.39. The summed E-state index contributed by atoms with van der Waals surface area (Å²) in [7, 11) is 0. The second-order valence-corrected chi connectivity index (χ2v) is 6.27. The third kappa shape index (κ3) is 3.37. The predicted molar refractivity (Wildman–Crippen MR) is 90.8 cm³/mol. The molecule has 1 saturated heterocycles. The van der Waals surface area contributed by atoms with E-state index in [2.05, 4.69) is 23.7 Å². The van der Waals surface area contributed by atoms with Gasteiger partial charge in [-0.25, -0.2) is 9.78 Å². The van der Waals surface area contributed by atoms with Crippen LogP contribution < -0.4 is 5.73 Å². The number of esters is 1. The van der Waals surface area contributed by atoms with Crippen molar-refractivity contribution >= 4 is 17.3 Å². The summed E-state index contributed by atoms with van der Waals surface area (Å²) in [4.78, 5) is 19.0. The Bertz CT molecular complexity index is 733. The van der Waals surface area contributed by atoms with E-state index in [4.69, 9.17) is 15.2 Å². The topological polar surface area (TPSA) is 82.1 Å². The fourth-order valence-corrected chi connectivity index (χ4v) is 3.25. The van der Waals surface area contributed by atoms with E-state index in [1.54, 1.807) is 19.2 Å². The normalized spacial score (nSPS) is 22.0. The van der Waals surface area contributed by atoms with Crippen molar-refractivity contribution < 1.29 is 14.3 Å². The molecule has 0 radical (unpaired) electrons. The number of ether oxygens (including phenoxy) is 2. The highest BCUT2D eigenvalue weighted by Gasteiger charge is 2.26. The Morgan fingerprint density at radius 2 is 2.08 bits per heavy atom. The molecule has 0 amide bonds. The number of fused-ring (bicyclic) bond motifs is 1. The van der Waals surface area contributed by atoms with Gasteiger partial charge in [0.1, 0.15) is 5.65 Å². The van der Waals surface area contributed by atoms with Crippen LogP contribution in [0.2, 0.25) is 0 Å². The molecule has 2 N–H and O–H groups in total. The molecule has 2 aromatic heterocycles. The first-order valence-electron chi connectivity index (χ1n) is 8.29. The highest BCUT2D eigenvalue weighted by Crippen LogP contribution is 2.20. The number of morpholine rings is 1. The van der Waals surface area contributed by atoms with Gasteiger partial charge in [-0.3, -0.25) is 9.30 Å². The van der Waals surface area contributed by atoms with Gasteiger partial charge in [-0.1, -0.05) is 0 Å². The second-order valence-electron chi connectivity index (χ2n) is 6.27. The van der Waals surface area contributed by atoms with Gasteiger partial charge in [0.2, 0.25) is 0 Å². The van der Waals surface area contributed by atoms with Crippen molar-refractivity contribution in [2.24, 2.45) is 0 Å². The summed E-state index contributed by atoms with van der Waals surface area (Å²) in [6.07, 6.45) is 2.11. The number of anilines is 1. The van der Waals surface area contributed by atoms with Crippen molar-refractivity contribution in [3.8, 4) is 0 Å². The minimum absolute atomic E-state index is 0.157. The minimum atomic E-state index is -0.399. The zero-order chi connectivity index (χ0) is 17.3. The number of imidazole rings is 1. The van der Waals surface area contributed by atoms with Crippen LogP contribution in [0.4, 0.5) is 5.69 Å². The predicted octanol–water partition coefficient (Wildman–Crippen LogP) is 1.70. The maximum atomic E-state index is 12.3. The lowest BCUT2D eigenvalue weighted by molar-refractivity contribution is -0.0708. The molecular formula is C17H24N4O3. The van der Waals surface area contributed by atoms with Crippen LogP contribution in [0, 0.1) is 0 Å². The maximum absolute atomic E-state index is 12.3. The van der Waals surface area contributed by atoms with Crippen LogP contribution in [-0.4, -0.2) is 52.2 Å². The molecule has 3 heterocycles. The summed E-state index contributed by atoms with van der Waals surface area (Å²) in [5.74, 6) is -0.399. The first kappa shape index (κ1) is 16.7. The average Bonchev–Trinajstić information content (AvgIpc) is 2.85. The van der Waals surface area contributed by atoms with Gasteiger partial charge < -0.3 is 15.2 Å². The zero-order valence-electron chi connectivity index (χ0n) is 14.4. The van der Waals surface area contributed by atoms with Gasteiger partial charge in [0.25, 0.3) is 0 Å². The van der Waals surface area contributed by atoms with E-state index in [1.165, 1.54) is 0 Å². The van der Waals surface area contributed by atoms with Gasteiger partial charge in [-0.2, -0.15) is 0 Å². The van der Waals surface area contributed by atoms with Crippen molar-refractivity contribution in [3.05, 3.63) is 29.7 Å². The quantitative estimate of drug-likeness (QED) is 0.858. The number of nitrogens with two attached hydrogens (primary N) is 1. The van der Waals surface area contributed by atoms with Gasteiger partial charge in [0, 0.05) is 31.5 Å². The van der Waals surface area contributed by atoms with Crippen LogP contribution in [0.1, 0.15) is 37.0 Å². The molecule has 0 bridgehead atoms. The Balaban J connectivity index is 1.98. The molecule has 0 saturated carbocycles. The molecule has 0 aromatic carbocycles.